The molecule has 1 atom stereocenters. The average Bonchev–Trinajstić information content (AvgIpc) is 2.33. The summed E-state index contributed by atoms with van der Waals surface area (Å²) in [5.41, 5.74) is 3.72. The second-order valence-electron chi connectivity index (χ2n) is 4.40. The summed E-state index contributed by atoms with van der Waals surface area (Å²) >= 11 is 5.91. The lowest BCUT2D eigenvalue weighted by Crippen LogP contribution is -2.07. The van der Waals surface area contributed by atoms with E-state index in [0.29, 0.717) is 6.04 Å². The summed E-state index contributed by atoms with van der Waals surface area (Å²) in [6, 6.07) is 15.3. The predicted molar refractivity (Wildman–Crippen MR) is 90.1 cm³/mol. The first-order valence-corrected chi connectivity index (χ1v) is 7.71. The fourth-order valence-corrected chi connectivity index (χ4v) is 3.19. The van der Waals surface area contributed by atoms with Crippen LogP contribution in [0, 0.1) is 10.5 Å². The molecule has 1 N–H and O–H groups in total. The van der Waals surface area contributed by atoms with Gasteiger partial charge in [0.1, 0.15) is 0 Å². The first-order chi connectivity index (χ1) is 8.56. The van der Waals surface area contributed by atoms with E-state index in [2.05, 4.69) is 100 Å². The molecule has 2 aromatic rings. The third-order valence-electron chi connectivity index (χ3n) is 2.88. The van der Waals surface area contributed by atoms with Crippen molar-refractivity contribution in [1.82, 2.24) is 0 Å². The van der Waals surface area contributed by atoms with Gasteiger partial charge in [0.25, 0.3) is 0 Å². The van der Waals surface area contributed by atoms with E-state index in [1.807, 2.05) is 0 Å². The lowest BCUT2D eigenvalue weighted by atomic mass is 10.1. The second-order valence-corrected chi connectivity index (χ2v) is 6.50. The quantitative estimate of drug-likeness (QED) is 0.649. The molecule has 1 unspecified atom stereocenters. The maximum absolute atomic E-state index is 3.59. The largest absolute Gasteiger partial charge is 0.378 e. The van der Waals surface area contributed by atoms with E-state index in [-0.39, 0.29) is 0 Å². The van der Waals surface area contributed by atoms with Gasteiger partial charge in [0.05, 0.1) is 0 Å². The van der Waals surface area contributed by atoms with Crippen LogP contribution in [-0.4, -0.2) is 0 Å². The highest BCUT2D eigenvalue weighted by atomic mass is 127. The lowest BCUT2D eigenvalue weighted by Gasteiger charge is -2.17. The van der Waals surface area contributed by atoms with Crippen LogP contribution in [0.3, 0.4) is 0 Å². The average molecular weight is 416 g/mol. The molecule has 0 heterocycles. The molecule has 0 amide bonds. The van der Waals surface area contributed by atoms with Gasteiger partial charge in [0.2, 0.25) is 0 Å². The maximum Gasteiger partial charge on any atom is 0.0490 e. The second kappa shape index (κ2) is 6.06. The SMILES string of the molecule is Cc1ccc(C(C)Nc2ccc(I)cc2Br)cc1. The van der Waals surface area contributed by atoms with Crippen molar-refractivity contribution in [3.05, 3.63) is 61.6 Å². The first-order valence-electron chi connectivity index (χ1n) is 5.84. The Balaban J connectivity index is 2.15. The Labute approximate surface area is 130 Å². The number of nitrogens with one attached hydrogen (secondary N) is 1. The third-order valence-corrected chi connectivity index (χ3v) is 4.21. The van der Waals surface area contributed by atoms with Gasteiger partial charge in [0.15, 0.2) is 0 Å². The molecule has 0 bridgehead atoms. The number of benzene rings is 2. The fraction of sp³-hybridized carbons (Fsp3) is 0.200. The molecule has 0 saturated carbocycles. The van der Waals surface area contributed by atoms with Crippen LogP contribution >= 0.6 is 38.5 Å². The summed E-state index contributed by atoms with van der Waals surface area (Å²) in [4.78, 5) is 0. The van der Waals surface area contributed by atoms with Gasteiger partial charge in [0, 0.05) is 19.8 Å². The topological polar surface area (TPSA) is 12.0 Å². The Morgan fingerprint density at radius 2 is 1.78 bits per heavy atom. The van der Waals surface area contributed by atoms with Gasteiger partial charge in [-0.3, -0.25) is 0 Å². The molecule has 2 rings (SSSR count). The molecule has 18 heavy (non-hydrogen) atoms. The number of halogens is 2. The highest BCUT2D eigenvalue weighted by Crippen LogP contribution is 2.28. The Morgan fingerprint density at radius 3 is 2.39 bits per heavy atom. The van der Waals surface area contributed by atoms with Gasteiger partial charge in [-0.1, -0.05) is 29.8 Å². The van der Waals surface area contributed by atoms with Crippen LogP contribution in [0.25, 0.3) is 0 Å². The summed E-state index contributed by atoms with van der Waals surface area (Å²) in [6.07, 6.45) is 0. The highest BCUT2D eigenvalue weighted by Gasteiger charge is 2.07. The molecule has 0 aliphatic rings. The molecule has 94 valence electrons. The van der Waals surface area contributed by atoms with Gasteiger partial charge < -0.3 is 5.32 Å². The zero-order valence-corrected chi connectivity index (χ0v) is 14.1. The van der Waals surface area contributed by atoms with E-state index in [1.54, 1.807) is 0 Å². The number of anilines is 1. The number of aryl methyl sites for hydroxylation is 1. The molecule has 0 fully saturated rings. The van der Waals surface area contributed by atoms with Gasteiger partial charge in [-0.15, -0.1) is 0 Å². The van der Waals surface area contributed by atoms with Crippen LogP contribution in [0.15, 0.2) is 46.9 Å². The van der Waals surface area contributed by atoms with Crippen LogP contribution in [0.1, 0.15) is 24.1 Å². The number of hydrogen-bond donors (Lipinski definition) is 1. The summed E-state index contributed by atoms with van der Waals surface area (Å²) in [5, 5.41) is 3.52. The normalized spacial score (nSPS) is 12.2. The predicted octanol–water partition coefficient (Wildman–Crippen LogP) is 5.54. The van der Waals surface area contributed by atoms with Gasteiger partial charge in [-0.2, -0.15) is 0 Å². The number of hydrogen-bond acceptors (Lipinski definition) is 1. The first kappa shape index (κ1) is 13.9. The van der Waals surface area contributed by atoms with E-state index in [9.17, 15) is 0 Å². The van der Waals surface area contributed by atoms with E-state index in [1.165, 1.54) is 14.7 Å². The summed E-state index contributed by atoms with van der Waals surface area (Å²) < 4.78 is 2.33. The minimum atomic E-state index is 0.293. The molecule has 0 aromatic heterocycles. The zero-order valence-electron chi connectivity index (χ0n) is 10.4. The van der Waals surface area contributed by atoms with Crippen molar-refractivity contribution in [1.29, 1.82) is 0 Å². The van der Waals surface area contributed by atoms with E-state index in [4.69, 9.17) is 0 Å². The van der Waals surface area contributed by atoms with Gasteiger partial charge in [-0.25, -0.2) is 0 Å². The minimum absolute atomic E-state index is 0.293. The Bertz CT molecular complexity index is 537. The molecule has 0 radical (unpaired) electrons. The van der Waals surface area contributed by atoms with Crippen LogP contribution in [-0.2, 0) is 0 Å². The maximum atomic E-state index is 3.59. The fourth-order valence-electron chi connectivity index (χ4n) is 1.78. The van der Waals surface area contributed by atoms with Crippen LogP contribution in [0.5, 0.6) is 0 Å². The molecule has 3 heteroatoms. The van der Waals surface area contributed by atoms with Crippen LogP contribution < -0.4 is 5.32 Å². The minimum Gasteiger partial charge on any atom is -0.378 e. The molecule has 0 aliphatic heterocycles. The molecule has 0 aliphatic carbocycles. The molecular formula is C15H15BrIN. The van der Waals surface area contributed by atoms with Crippen LogP contribution in [0.4, 0.5) is 5.69 Å². The summed E-state index contributed by atoms with van der Waals surface area (Å²) in [6.45, 7) is 4.28. The Morgan fingerprint density at radius 1 is 1.11 bits per heavy atom. The zero-order chi connectivity index (χ0) is 13.1. The molecule has 0 saturated heterocycles. The Hall–Kier alpha value is -0.550. The van der Waals surface area contributed by atoms with Crippen molar-refractivity contribution in [2.45, 2.75) is 19.9 Å². The summed E-state index contributed by atoms with van der Waals surface area (Å²) in [7, 11) is 0. The molecule has 2 aromatic carbocycles. The van der Waals surface area contributed by atoms with Crippen molar-refractivity contribution in [2.24, 2.45) is 0 Å². The smallest absolute Gasteiger partial charge is 0.0490 e. The monoisotopic (exact) mass is 415 g/mol. The van der Waals surface area contributed by atoms with Crippen LogP contribution in [0.2, 0.25) is 0 Å². The van der Waals surface area contributed by atoms with E-state index in [0.717, 1.165) is 10.2 Å². The molecular weight excluding hydrogens is 401 g/mol. The van der Waals surface area contributed by atoms with Crippen molar-refractivity contribution in [3.63, 3.8) is 0 Å². The molecule has 1 nitrogen and oxygen atoms in total. The van der Waals surface area contributed by atoms with E-state index < -0.39 is 0 Å². The molecule has 0 spiro atoms. The van der Waals surface area contributed by atoms with Gasteiger partial charge in [-0.05, 0) is 76.1 Å². The van der Waals surface area contributed by atoms with Crippen molar-refractivity contribution in [3.8, 4) is 0 Å². The Kier molecular flexibility index (Phi) is 4.67. The standard InChI is InChI=1S/C15H15BrIN/c1-10-3-5-12(6-4-10)11(2)18-15-8-7-13(17)9-14(15)16/h3-9,11,18H,1-2H3. The van der Waals surface area contributed by atoms with Gasteiger partial charge >= 0.3 is 0 Å². The third kappa shape index (κ3) is 3.48. The van der Waals surface area contributed by atoms with E-state index >= 15 is 0 Å². The highest BCUT2D eigenvalue weighted by molar-refractivity contribution is 14.1. The van der Waals surface area contributed by atoms with Crippen molar-refractivity contribution < 1.29 is 0 Å². The lowest BCUT2D eigenvalue weighted by molar-refractivity contribution is 0.883. The summed E-state index contributed by atoms with van der Waals surface area (Å²) in [5.74, 6) is 0. The number of rotatable bonds is 3. The van der Waals surface area contributed by atoms with Crippen molar-refractivity contribution >= 4 is 44.2 Å². The van der Waals surface area contributed by atoms with Crippen molar-refractivity contribution in [2.75, 3.05) is 5.32 Å².